The second-order valence-corrected chi connectivity index (χ2v) is 5.88. The topological polar surface area (TPSA) is 43.7 Å². The molecule has 1 aliphatic heterocycles. The molecule has 1 aliphatic rings. The Labute approximate surface area is 113 Å². The molecular weight excluding hydrogens is 245 g/mol. The first-order chi connectivity index (χ1) is 9.02. The summed E-state index contributed by atoms with van der Waals surface area (Å²) in [5, 5.41) is 19.6. The second kappa shape index (κ2) is 5.99. The fraction of sp³-hybridized carbons (Fsp3) is 0.600. The van der Waals surface area contributed by atoms with Crippen molar-refractivity contribution in [3.63, 3.8) is 0 Å². The van der Waals surface area contributed by atoms with Gasteiger partial charge in [-0.05, 0) is 37.1 Å². The Morgan fingerprint density at radius 1 is 1.47 bits per heavy atom. The van der Waals surface area contributed by atoms with Gasteiger partial charge in [0.05, 0.1) is 6.10 Å². The molecule has 2 atom stereocenters. The molecule has 2 unspecified atom stereocenters. The van der Waals surface area contributed by atoms with E-state index in [9.17, 15) is 14.6 Å². The van der Waals surface area contributed by atoms with Crippen LogP contribution in [0.15, 0.2) is 24.3 Å². The van der Waals surface area contributed by atoms with Gasteiger partial charge in [0, 0.05) is 25.1 Å². The first-order valence-electron chi connectivity index (χ1n) is 6.79. The molecule has 2 rings (SSSR count). The Bertz CT molecular complexity index is 426. The first kappa shape index (κ1) is 14.4. The summed E-state index contributed by atoms with van der Waals surface area (Å²) in [6, 6.07) is 6.10. The van der Waals surface area contributed by atoms with E-state index in [0.29, 0.717) is 12.1 Å². The van der Waals surface area contributed by atoms with E-state index in [1.165, 1.54) is 12.1 Å². The molecule has 106 valence electrons. The molecular formula is C15H22FNO2. The van der Waals surface area contributed by atoms with Gasteiger partial charge in [0.25, 0.3) is 0 Å². The molecule has 0 spiro atoms. The van der Waals surface area contributed by atoms with Gasteiger partial charge in [0.15, 0.2) is 0 Å². The van der Waals surface area contributed by atoms with Gasteiger partial charge < -0.3 is 10.2 Å². The van der Waals surface area contributed by atoms with Crippen LogP contribution in [-0.2, 0) is 0 Å². The highest BCUT2D eigenvalue weighted by Crippen LogP contribution is 2.29. The third-order valence-electron chi connectivity index (χ3n) is 3.91. The van der Waals surface area contributed by atoms with E-state index in [1.54, 1.807) is 12.1 Å². The number of rotatable bonds is 4. The minimum absolute atomic E-state index is 0.0834. The third kappa shape index (κ3) is 3.75. The van der Waals surface area contributed by atoms with Gasteiger partial charge in [-0.25, -0.2) is 4.39 Å². The van der Waals surface area contributed by atoms with Crippen LogP contribution in [0.2, 0.25) is 0 Å². The molecule has 1 aromatic carbocycles. The molecule has 4 heteroatoms. The van der Waals surface area contributed by atoms with E-state index < -0.39 is 6.10 Å². The smallest absolute Gasteiger partial charge is 0.123 e. The van der Waals surface area contributed by atoms with Gasteiger partial charge in [-0.1, -0.05) is 19.1 Å². The summed E-state index contributed by atoms with van der Waals surface area (Å²) >= 11 is 0. The molecule has 3 nitrogen and oxygen atoms in total. The average Bonchev–Trinajstić information content (AvgIpc) is 2.39. The number of hydrogen-bond acceptors (Lipinski definition) is 3. The summed E-state index contributed by atoms with van der Waals surface area (Å²) in [5.74, 6) is -0.324. The molecule has 2 N–H and O–H groups in total. The number of β-amino-alcohol motifs (C(OH)–C–C–N with tert-alkyl or cyclic N) is 1. The van der Waals surface area contributed by atoms with Crippen LogP contribution in [0.3, 0.4) is 0 Å². The second-order valence-electron chi connectivity index (χ2n) is 5.88. The number of likely N-dealkylation sites (tertiary alicyclic amines) is 1. The molecule has 19 heavy (non-hydrogen) atoms. The summed E-state index contributed by atoms with van der Waals surface area (Å²) in [5.41, 5.74) is 0.524. The number of benzene rings is 1. The number of hydrogen-bond donors (Lipinski definition) is 2. The van der Waals surface area contributed by atoms with Crippen LogP contribution in [0.4, 0.5) is 4.39 Å². The van der Waals surface area contributed by atoms with Gasteiger partial charge in [-0.3, -0.25) is 4.90 Å². The normalized spacial score (nSPS) is 26.3. The number of nitrogens with zero attached hydrogens (tertiary/aromatic N) is 1. The average molecular weight is 267 g/mol. The molecule has 1 aromatic rings. The van der Waals surface area contributed by atoms with Gasteiger partial charge in [0.2, 0.25) is 0 Å². The largest absolute Gasteiger partial charge is 0.396 e. The fourth-order valence-electron chi connectivity index (χ4n) is 2.78. The Balaban J connectivity index is 1.97. The van der Waals surface area contributed by atoms with E-state index in [4.69, 9.17) is 0 Å². The third-order valence-corrected chi connectivity index (χ3v) is 3.91. The minimum atomic E-state index is -0.684. The maximum absolute atomic E-state index is 13.1. The van der Waals surface area contributed by atoms with E-state index in [-0.39, 0.29) is 17.8 Å². The van der Waals surface area contributed by atoms with Crippen LogP contribution in [-0.4, -0.2) is 41.4 Å². The monoisotopic (exact) mass is 267 g/mol. The summed E-state index contributed by atoms with van der Waals surface area (Å²) in [6.07, 6.45) is 1.35. The lowest BCUT2D eigenvalue weighted by Gasteiger charge is -2.40. The molecule has 1 saturated heterocycles. The number of piperidine rings is 1. The van der Waals surface area contributed by atoms with Crippen LogP contribution in [0.25, 0.3) is 0 Å². The highest BCUT2D eigenvalue weighted by Gasteiger charge is 2.31. The molecule has 0 aliphatic carbocycles. The van der Waals surface area contributed by atoms with Crippen molar-refractivity contribution in [2.75, 3.05) is 26.2 Å². The van der Waals surface area contributed by atoms with E-state index >= 15 is 0 Å². The van der Waals surface area contributed by atoms with Crippen molar-refractivity contribution in [3.05, 3.63) is 35.6 Å². The maximum Gasteiger partial charge on any atom is 0.123 e. The predicted molar refractivity (Wildman–Crippen MR) is 72.2 cm³/mol. The molecule has 0 saturated carbocycles. The Hall–Kier alpha value is -0.970. The zero-order valence-corrected chi connectivity index (χ0v) is 11.3. The van der Waals surface area contributed by atoms with Crippen LogP contribution in [0.5, 0.6) is 0 Å². The summed E-state index contributed by atoms with van der Waals surface area (Å²) in [6.45, 7) is 4.41. The van der Waals surface area contributed by atoms with Crippen molar-refractivity contribution < 1.29 is 14.6 Å². The van der Waals surface area contributed by atoms with Gasteiger partial charge in [0.1, 0.15) is 5.82 Å². The van der Waals surface area contributed by atoms with Gasteiger partial charge in [-0.2, -0.15) is 0 Å². The lowest BCUT2D eigenvalue weighted by molar-refractivity contribution is 0.0210. The summed E-state index contributed by atoms with van der Waals surface area (Å²) in [4.78, 5) is 2.15. The van der Waals surface area contributed by atoms with E-state index in [0.717, 1.165) is 25.9 Å². The molecule has 1 fully saturated rings. The van der Waals surface area contributed by atoms with Gasteiger partial charge in [-0.15, -0.1) is 0 Å². The van der Waals surface area contributed by atoms with Crippen molar-refractivity contribution in [2.45, 2.75) is 25.9 Å². The lowest BCUT2D eigenvalue weighted by atomic mass is 9.82. The molecule has 0 radical (unpaired) electrons. The number of aliphatic hydroxyl groups is 2. The quantitative estimate of drug-likeness (QED) is 0.876. The van der Waals surface area contributed by atoms with Crippen molar-refractivity contribution in [1.82, 2.24) is 4.90 Å². The van der Waals surface area contributed by atoms with E-state index in [2.05, 4.69) is 11.8 Å². The highest BCUT2D eigenvalue weighted by molar-refractivity contribution is 5.19. The Morgan fingerprint density at radius 2 is 2.26 bits per heavy atom. The maximum atomic E-state index is 13.1. The fourth-order valence-corrected chi connectivity index (χ4v) is 2.78. The van der Waals surface area contributed by atoms with Crippen LogP contribution >= 0.6 is 0 Å². The van der Waals surface area contributed by atoms with Crippen molar-refractivity contribution in [1.29, 1.82) is 0 Å². The van der Waals surface area contributed by atoms with Crippen LogP contribution in [0, 0.1) is 11.2 Å². The van der Waals surface area contributed by atoms with Crippen LogP contribution in [0.1, 0.15) is 31.4 Å². The zero-order valence-electron chi connectivity index (χ0n) is 11.3. The lowest BCUT2D eigenvalue weighted by Crippen LogP contribution is -2.45. The number of halogens is 1. The molecule has 0 amide bonds. The number of aliphatic hydroxyl groups excluding tert-OH is 2. The van der Waals surface area contributed by atoms with Crippen molar-refractivity contribution in [3.8, 4) is 0 Å². The predicted octanol–water partition coefficient (Wildman–Crippen LogP) is 1.95. The van der Waals surface area contributed by atoms with E-state index in [1.807, 2.05) is 0 Å². The zero-order chi connectivity index (χ0) is 13.9. The Kier molecular flexibility index (Phi) is 4.55. The summed E-state index contributed by atoms with van der Waals surface area (Å²) in [7, 11) is 0. The van der Waals surface area contributed by atoms with Gasteiger partial charge >= 0.3 is 0 Å². The standard InChI is InChI=1S/C15H22FNO2/c1-15(11-18)6-3-7-17(10-15)9-14(19)12-4-2-5-13(16)8-12/h2,4-5,8,14,18-19H,3,6-7,9-11H2,1H3. The minimum Gasteiger partial charge on any atom is -0.396 e. The van der Waals surface area contributed by atoms with Crippen molar-refractivity contribution >= 4 is 0 Å². The van der Waals surface area contributed by atoms with Crippen molar-refractivity contribution in [2.24, 2.45) is 5.41 Å². The molecule has 0 aromatic heterocycles. The van der Waals surface area contributed by atoms with Crippen LogP contribution < -0.4 is 0 Å². The molecule has 1 heterocycles. The first-order valence-corrected chi connectivity index (χ1v) is 6.79. The highest BCUT2D eigenvalue weighted by atomic mass is 19.1. The molecule has 0 bridgehead atoms. The SMILES string of the molecule is CC1(CO)CCCN(CC(O)c2cccc(F)c2)C1. The Morgan fingerprint density at radius 3 is 2.95 bits per heavy atom. The summed E-state index contributed by atoms with van der Waals surface area (Å²) < 4.78 is 13.1.